The standard InChI is InChI=1S/C12H9ClN2O3S/c1-18-12(17)9-8(4-6-19-9)15-11(16)7-3-2-5-14-10(7)13/h2-6H,1H3,(H,15,16). The third-order valence-corrected chi connectivity index (χ3v) is 3.48. The van der Waals surface area contributed by atoms with E-state index in [1.165, 1.54) is 24.6 Å². The Morgan fingerprint density at radius 2 is 2.21 bits per heavy atom. The molecule has 2 aromatic rings. The van der Waals surface area contributed by atoms with Gasteiger partial charge in [-0.25, -0.2) is 9.78 Å². The van der Waals surface area contributed by atoms with Gasteiger partial charge in [0.2, 0.25) is 0 Å². The van der Waals surface area contributed by atoms with Crippen LogP contribution in [0.25, 0.3) is 0 Å². The first-order valence-electron chi connectivity index (χ1n) is 5.21. The van der Waals surface area contributed by atoms with Crippen molar-refractivity contribution in [2.24, 2.45) is 0 Å². The summed E-state index contributed by atoms with van der Waals surface area (Å²) in [6, 6.07) is 4.78. The SMILES string of the molecule is COC(=O)c1sccc1NC(=O)c1cccnc1Cl. The summed E-state index contributed by atoms with van der Waals surface area (Å²) in [4.78, 5) is 27.6. The van der Waals surface area contributed by atoms with Gasteiger partial charge in [0.1, 0.15) is 10.0 Å². The predicted octanol–water partition coefficient (Wildman–Crippen LogP) is 2.84. The summed E-state index contributed by atoms with van der Waals surface area (Å²) in [5.41, 5.74) is 0.632. The number of aromatic nitrogens is 1. The van der Waals surface area contributed by atoms with Crippen LogP contribution < -0.4 is 5.32 Å². The molecule has 2 heterocycles. The molecule has 0 spiro atoms. The summed E-state index contributed by atoms with van der Waals surface area (Å²) in [6.07, 6.45) is 1.49. The minimum Gasteiger partial charge on any atom is -0.465 e. The highest BCUT2D eigenvalue weighted by molar-refractivity contribution is 7.12. The largest absolute Gasteiger partial charge is 0.465 e. The lowest BCUT2D eigenvalue weighted by Crippen LogP contribution is -2.14. The maximum absolute atomic E-state index is 12.0. The summed E-state index contributed by atoms with van der Waals surface area (Å²) in [5, 5.41) is 4.40. The van der Waals surface area contributed by atoms with E-state index < -0.39 is 11.9 Å². The molecule has 0 aliphatic rings. The number of methoxy groups -OCH3 is 1. The smallest absolute Gasteiger partial charge is 0.350 e. The van der Waals surface area contributed by atoms with E-state index in [9.17, 15) is 9.59 Å². The van der Waals surface area contributed by atoms with Crippen LogP contribution in [0.5, 0.6) is 0 Å². The average molecular weight is 297 g/mol. The van der Waals surface area contributed by atoms with E-state index in [2.05, 4.69) is 15.0 Å². The molecule has 0 unspecified atom stereocenters. The monoisotopic (exact) mass is 296 g/mol. The molecule has 0 aliphatic heterocycles. The number of carbonyl (C=O) groups excluding carboxylic acids is 2. The molecule has 1 N–H and O–H groups in total. The molecule has 0 aromatic carbocycles. The maximum atomic E-state index is 12.0. The van der Waals surface area contributed by atoms with E-state index in [0.717, 1.165) is 0 Å². The number of ether oxygens (including phenoxy) is 1. The van der Waals surface area contributed by atoms with E-state index >= 15 is 0 Å². The highest BCUT2D eigenvalue weighted by Crippen LogP contribution is 2.24. The van der Waals surface area contributed by atoms with Crippen molar-refractivity contribution in [3.8, 4) is 0 Å². The van der Waals surface area contributed by atoms with Crippen molar-refractivity contribution < 1.29 is 14.3 Å². The van der Waals surface area contributed by atoms with Crippen molar-refractivity contribution in [3.63, 3.8) is 0 Å². The molecule has 0 bridgehead atoms. The van der Waals surface area contributed by atoms with Gasteiger partial charge < -0.3 is 10.1 Å². The Labute approximate surface area is 118 Å². The number of amides is 1. The summed E-state index contributed by atoms with van der Waals surface area (Å²) in [7, 11) is 1.28. The van der Waals surface area contributed by atoms with Crippen molar-refractivity contribution in [3.05, 3.63) is 45.4 Å². The zero-order chi connectivity index (χ0) is 13.8. The number of hydrogen-bond acceptors (Lipinski definition) is 5. The second-order valence-corrected chi connectivity index (χ2v) is 4.73. The van der Waals surface area contributed by atoms with Crippen LogP contribution >= 0.6 is 22.9 Å². The Hall–Kier alpha value is -1.92. The lowest BCUT2D eigenvalue weighted by atomic mass is 10.2. The van der Waals surface area contributed by atoms with Crippen LogP contribution in [-0.4, -0.2) is 24.0 Å². The maximum Gasteiger partial charge on any atom is 0.350 e. The second kappa shape index (κ2) is 5.81. The Kier molecular flexibility index (Phi) is 4.13. The van der Waals surface area contributed by atoms with Gasteiger partial charge in [0.05, 0.1) is 18.4 Å². The van der Waals surface area contributed by atoms with Gasteiger partial charge in [0.15, 0.2) is 0 Å². The van der Waals surface area contributed by atoms with E-state index in [1.807, 2.05) is 0 Å². The number of nitrogens with one attached hydrogen (secondary N) is 1. The topological polar surface area (TPSA) is 68.3 Å². The summed E-state index contributed by atoms with van der Waals surface area (Å²) >= 11 is 7.01. The summed E-state index contributed by atoms with van der Waals surface area (Å²) < 4.78 is 4.63. The Bertz CT molecular complexity index is 627. The van der Waals surface area contributed by atoms with Crippen LogP contribution in [0.2, 0.25) is 5.15 Å². The first-order valence-corrected chi connectivity index (χ1v) is 6.47. The molecule has 0 saturated carbocycles. The number of nitrogens with zero attached hydrogens (tertiary/aromatic N) is 1. The number of pyridine rings is 1. The number of carbonyl (C=O) groups is 2. The molecular weight excluding hydrogens is 288 g/mol. The van der Waals surface area contributed by atoms with Crippen molar-refractivity contribution in [2.75, 3.05) is 12.4 Å². The van der Waals surface area contributed by atoms with Crippen molar-refractivity contribution in [2.45, 2.75) is 0 Å². The Morgan fingerprint density at radius 1 is 1.42 bits per heavy atom. The van der Waals surface area contributed by atoms with E-state index in [0.29, 0.717) is 10.6 Å². The van der Waals surface area contributed by atoms with E-state index in [-0.39, 0.29) is 10.7 Å². The van der Waals surface area contributed by atoms with Gasteiger partial charge in [-0.15, -0.1) is 11.3 Å². The summed E-state index contributed by atoms with van der Waals surface area (Å²) in [5.74, 6) is -0.927. The quantitative estimate of drug-likeness (QED) is 0.698. The number of esters is 1. The fourth-order valence-corrected chi connectivity index (χ4v) is 2.37. The van der Waals surface area contributed by atoms with Gasteiger partial charge in [-0.2, -0.15) is 0 Å². The fraction of sp³-hybridized carbons (Fsp3) is 0.0833. The van der Waals surface area contributed by atoms with Gasteiger partial charge >= 0.3 is 5.97 Å². The fourth-order valence-electron chi connectivity index (χ4n) is 1.40. The minimum atomic E-state index is -0.498. The molecular formula is C12H9ClN2O3S. The van der Waals surface area contributed by atoms with E-state index in [4.69, 9.17) is 11.6 Å². The number of hydrogen-bond donors (Lipinski definition) is 1. The van der Waals surface area contributed by atoms with Crippen LogP contribution in [0.1, 0.15) is 20.0 Å². The van der Waals surface area contributed by atoms with Crippen LogP contribution in [0.4, 0.5) is 5.69 Å². The lowest BCUT2D eigenvalue weighted by Gasteiger charge is -2.06. The first-order chi connectivity index (χ1) is 9.13. The number of anilines is 1. The molecule has 0 saturated heterocycles. The highest BCUT2D eigenvalue weighted by Gasteiger charge is 2.17. The summed E-state index contributed by atoms with van der Waals surface area (Å²) in [6.45, 7) is 0. The number of halogens is 1. The highest BCUT2D eigenvalue weighted by atomic mass is 35.5. The third kappa shape index (κ3) is 2.91. The van der Waals surface area contributed by atoms with Crippen molar-refractivity contribution >= 4 is 40.5 Å². The molecule has 2 aromatic heterocycles. The molecule has 19 heavy (non-hydrogen) atoms. The molecule has 98 valence electrons. The molecule has 7 heteroatoms. The molecule has 0 aliphatic carbocycles. The molecule has 0 fully saturated rings. The van der Waals surface area contributed by atoms with Gasteiger partial charge in [-0.3, -0.25) is 4.79 Å². The zero-order valence-electron chi connectivity index (χ0n) is 9.84. The van der Waals surface area contributed by atoms with Crippen LogP contribution in [0, 0.1) is 0 Å². The van der Waals surface area contributed by atoms with Crippen LogP contribution in [0.15, 0.2) is 29.8 Å². The normalized spacial score (nSPS) is 10.0. The van der Waals surface area contributed by atoms with Gasteiger partial charge in [-0.05, 0) is 23.6 Å². The van der Waals surface area contributed by atoms with Gasteiger partial charge in [-0.1, -0.05) is 11.6 Å². The molecule has 5 nitrogen and oxygen atoms in total. The number of thiophene rings is 1. The van der Waals surface area contributed by atoms with E-state index in [1.54, 1.807) is 23.6 Å². The van der Waals surface area contributed by atoms with Crippen LogP contribution in [0.3, 0.4) is 0 Å². The predicted molar refractivity (Wildman–Crippen MR) is 72.9 cm³/mol. The molecule has 1 amide bonds. The van der Waals surface area contributed by atoms with Crippen molar-refractivity contribution in [1.29, 1.82) is 0 Å². The lowest BCUT2D eigenvalue weighted by molar-refractivity contribution is 0.0607. The van der Waals surface area contributed by atoms with Gasteiger partial charge in [0, 0.05) is 6.20 Å². The Morgan fingerprint density at radius 3 is 2.89 bits per heavy atom. The third-order valence-electron chi connectivity index (χ3n) is 2.29. The van der Waals surface area contributed by atoms with Crippen molar-refractivity contribution in [1.82, 2.24) is 4.98 Å². The second-order valence-electron chi connectivity index (χ2n) is 3.45. The molecule has 0 atom stereocenters. The zero-order valence-corrected chi connectivity index (χ0v) is 11.4. The average Bonchev–Trinajstić information content (AvgIpc) is 2.86. The molecule has 2 rings (SSSR count). The number of rotatable bonds is 3. The van der Waals surface area contributed by atoms with Gasteiger partial charge in [0.25, 0.3) is 5.91 Å². The molecule has 0 radical (unpaired) electrons. The van der Waals surface area contributed by atoms with Crippen LogP contribution in [-0.2, 0) is 4.74 Å². The Balaban J connectivity index is 2.23. The minimum absolute atomic E-state index is 0.106. The first kappa shape index (κ1) is 13.5.